The van der Waals surface area contributed by atoms with E-state index in [1.54, 1.807) is 18.2 Å². The molecule has 0 radical (unpaired) electrons. The second-order valence-corrected chi connectivity index (χ2v) is 9.72. The number of nitrogens with zero attached hydrogens (tertiary/aromatic N) is 1. The lowest BCUT2D eigenvalue weighted by atomic mass is 9.71. The molecule has 2 N–H and O–H groups in total. The number of aromatic hydroxyl groups is 1. The van der Waals surface area contributed by atoms with Crippen molar-refractivity contribution < 1.29 is 9.90 Å². The highest BCUT2D eigenvalue weighted by Crippen LogP contribution is 2.38. The van der Waals surface area contributed by atoms with Crippen molar-refractivity contribution in [2.75, 3.05) is 0 Å². The summed E-state index contributed by atoms with van der Waals surface area (Å²) in [6.07, 6.45) is 5.74. The molecular weight excluding hydrogens is 384 g/mol. The van der Waals surface area contributed by atoms with Gasteiger partial charge in [-0.15, -0.1) is 0 Å². The van der Waals surface area contributed by atoms with Gasteiger partial charge in [-0.2, -0.15) is 5.10 Å². The number of para-hydroxylation sites is 1. The maximum atomic E-state index is 13.0. The molecule has 0 atom stereocenters. The van der Waals surface area contributed by atoms with E-state index in [9.17, 15) is 9.90 Å². The van der Waals surface area contributed by atoms with Crippen molar-refractivity contribution in [1.82, 2.24) is 5.43 Å². The minimum absolute atomic E-state index is 0.0226. The van der Waals surface area contributed by atoms with Crippen molar-refractivity contribution in [1.29, 1.82) is 0 Å². The summed E-state index contributed by atoms with van der Waals surface area (Å²) in [5.41, 5.74) is 7.51. The minimum atomic E-state index is -0.242. The van der Waals surface area contributed by atoms with Crippen LogP contribution in [0.5, 0.6) is 5.75 Å². The lowest BCUT2D eigenvalue weighted by molar-refractivity contribution is 0.0954. The number of hydrogen-bond acceptors (Lipinski definition) is 3. The largest absolute Gasteiger partial charge is 0.507 e. The molecule has 0 aliphatic heterocycles. The molecular formula is C27H38N2O2. The molecule has 4 heteroatoms. The molecule has 0 aromatic heterocycles. The molecule has 168 valence electrons. The van der Waals surface area contributed by atoms with Crippen LogP contribution in [0.1, 0.15) is 99.8 Å². The molecule has 0 unspecified atom stereocenters. The summed E-state index contributed by atoms with van der Waals surface area (Å²) < 4.78 is 0. The van der Waals surface area contributed by atoms with Crippen LogP contribution in [0.15, 0.2) is 41.5 Å². The van der Waals surface area contributed by atoms with E-state index >= 15 is 0 Å². The molecule has 1 amide bonds. The Bertz CT molecular complexity index is 903. The Labute approximate surface area is 187 Å². The molecule has 2 aromatic rings. The molecule has 0 saturated carbocycles. The summed E-state index contributed by atoms with van der Waals surface area (Å²) in [5.74, 6) is -0.114. The first-order chi connectivity index (χ1) is 14.5. The second kappa shape index (κ2) is 10.1. The fourth-order valence-corrected chi connectivity index (χ4v) is 4.59. The molecule has 0 spiro atoms. The van der Waals surface area contributed by atoms with Gasteiger partial charge in [0.2, 0.25) is 0 Å². The fourth-order valence-electron chi connectivity index (χ4n) is 4.59. The number of carbonyl (C=O) groups excluding carboxylic acids is 1. The third kappa shape index (κ3) is 5.96. The highest BCUT2D eigenvalue weighted by Gasteiger charge is 2.29. The first-order valence-electron chi connectivity index (χ1n) is 11.3. The topological polar surface area (TPSA) is 61.7 Å². The number of phenols is 1. The quantitative estimate of drug-likeness (QED) is 0.352. The van der Waals surface area contributed by atoms with E-state index in [0.29, 0.717) is 11.1 Å². The molecule has 2 rings (SSSR count). The van der Waals surface area contributed by atoms with Gasteiger partial charge in [0.25, 0.3) is 5.91 Å². The number of benzene rings is 2. The summed E-state index contributed by atoms with van der Waals surface area (Å²) in [7, 11) is 0. The average molecular weight is 423 g/mol. The number of hydrogen-bond donors (Lipinski definition) is 2. The van der Waals surface area contributed by atoms with Gasteiger partial charge in [-0.1, -0.05) is 66.5 Å². The van der Waals surface area contributed by atoms with Gasteiger partial charge in [-0.3, -0.25) is 4.79 Å². The van der Waals surface area contributed by atoms with E-state index in [-0.39, 0.29) is 22.5 Å². The number of amides is 1. The van der Waals surface area contributed by atoms with Gasteiger partial charge >= 0.3 is 0 Å². The van der Waals surface area contributed by atoms with Crippen LogP contribution in [-0.4, -0.2) is 17.2 Å². The van der Waals surface area contributed by atoms with Crippen LogP contribution in [0.4, 0.5) is 0 Å². The molecule has 0 aliphatic carbocycles. The van der Waals surface area contributed by atoms with Crippen LogP contribution in [0.3, 0.4) is 0 Å². The molecule has 31 heavy (non-hydrogen) atoms. The van der Waals surface area contributed by atoms with Gasteiger partial charge in [0.15, 0.2) is 0 Å². The Morgan fingerprint density at radius 2 is 1.52 bits per heavy atom. The lowest BCUT2D eigenvalue weighted by Crippen LogP contribution is -2.26. The normalized spacial score (nSPS) is 12.4. The molecule has 0 saturated heterocycles. The monoisotopic (exact) mass is 422 g/mol. The van der Waals surface area contributed by atoms with Crippen LogP contribution in [0.25, 0.3) is 0 Å². The van der Waals surface area contributed by atoms with Crippen LogP contribution < -0.4 is 5.43 Å². The van der Waals surface area contributed by atoms with Crippen molar-refractivity contribution in [3.05, 3.63) is 64.2 Å². The van der Waals surface area contributed by atoms with Gasteiger partial charge < -0.3 is 5.11 Å². The van der Waals surface area contributed by atoms with Gasteiger partial charge in [-0.05, 0) is 71.6 Å². The van der Waals surface area contributed by atoms with Crippen LogP contribution in [0, 0.1) is 6.92 Å². The van der Waals surface area contributed by atoms with Crippen LogP contribution in [-0.2, 0) is 10.8 Å². The predicted molar refractivity (Wildman–Crippen MR) is 130 cm³/mol. The highest BCUT2D eigenvalue weighted by molar-refractivity contribution is 5.95. The summed E-state index contributed by atoms with van der Waals surface area (Å²) >= 11 is 0. The van der Waals surface area contributed by atoms with Gasteiger partial charge in [-0.25, -0.2) is 5.43 Å². The van der Waals surface area contributed by atoms with Crippen molar-refractivity contribution >= 4 is 12.1 Å². The van der Waals surface area contributed by atoms with E-state index < -0.39 is 0 Å². The Morgan fingerprint density at radius 3 is 2.00 bits per heavy atom. The Balaban J connectivity index is 2.45. The maximum absolute atomic E-state index is 13.0. The lowest BCUT2D eigenvalue weighted by Gasteiger charge is -2.33. The van der Waals surface area contributed by atoms with E-state index in [4.69, 9.17) is 0 Å². The van der Waals surface area contributed by atoms with Crippen molar-refractivity contribution in [2.45, 2.75) is 85.0 Å². The Hall–Kier alpha value is -2.62. The standard InChI is InChI=1S/C27H38N2O2/c1-8-14-26(4,5)22-16-21(17-23(19(22)3)27(6,7)15-9-2)25(31)29-28-18-20-12-10-11-13-24(20)30/h10-13,16-18,30H,8-9,14-15H2,1-7H3,(H,29,31)/b28-18+. The van der Waals surface area contributed by atoms with Gasteiger partial charge in [0.05, 0.1) is 6.21 Å². The summed E-state index contributed by atoms with van der Waals surface area (Å²) in [6, 6.07) is 11.0. The SMILES string of the molecule is CCCC(C)(C)c1cc(C(=O)N/N=C/c2ccccc2O)cc(C(C)(C)CCC)c1C. The number of hydrazone groups is 1. The molecule has 4 nitrogen and oxygen atoms in total. The van der Waals surface area contributed by atoms with Crippen LogP contribution in [0.2, 0.25) is 0 Å². The number of nitrogens with one attached hydrogen (secondary N) is 1. The zero-order valence-electron chi connectivity index (χ0n) is 20.2. The predicted octanol–water partition coefficient (Wildman–Crippen LogP) is 6.62. The van der Waals surface area contributed by atoms with Crippen molar-refractivity contribution in [3.63, 3.8) is 0 Å². The summed E-state index contributed by atoms with van der Waals surface area (Å²) in [4.78, 5) is 13.0. The molecule has 0 heterocycles. The van der Waals surface area contributed by atoms with E-state index in [2.05, 4.69) is 59.0 Å². The number of phenolic OH excluding ortho intramolecular Hbond substituents is 1. The van der Waals surface area contributed by atoms with Crippen molar-refractivity contribution in [3.8, 4) is 5.75 Å². The van der Waals surface area contributed by atoms with Crippen molar-refractivity contribution in [2.24, 2.45) is 5.10 Å². The van der Waals surface area contributed by atoms with E-state index in [1.807, 2.05) is 18.2 Å². The van der Waals surface area contributed by atoms with Crippen LogP contribution >= 0.6 is 0 Å². The highest BCUT2D eigenvalue weighted by atomic mass is 16.3. The maximum Gasteiger partial charge on any atom is 0.271 e. The Kier molecular flexibility index (Phi) is 8.05. The molecule has 0 fully saturated rings. The summed E-state index contributed by atoms with van der Waals surface area (Å²) in [6.45, 7) is 15.6. The van der Waals surface area contributed by atoms with Gasteiger partial charge in [0, 0.05) is 11.1 Å². The van der Waals surface area contributed by atoms with E-state index in [0.717, 1.165) is 25.7 Å². The Morgan fingerprint density at radius 1 is 1.00 bits per heavy atom. The molecule has 2 aromatic carbocycles. The first kappa shape index (κ1) is 24.6. The first-order valence-corrected chi connectivity index (χ1v) is 11.3. The number of carbonyl (C=O) groups is 1. The fraction of sp³-hybridized carbons (Fsp3) is 0.481. The zero-order chi connectivity index (χ0) is 23.2. The van der Waals surface area contributed by atoms with Gasteiger partial charge in [0.1, 0.15) is 5.75 Å². The second-order valence-electron chi connectivity index (χ2n) is 9.72. The smallest absolute Gasteiger partial charge is 0.271 e. The molecule has 0 aliphatic rings. The van der Waals surface area contributed by atoms with E-state index in [1.165, 1.54) is 22.9 Å². The minimum Gasteiger partial charge on any atom is -0.507 e. The third-order valence-corrected chi connectivity index (χ3v) is 6.18. The molecule has 0 bridgehead atoms. The third-order valence-electron chi connectivity index (χ3n) is 6.18. The zero-order valence-corrected chi connectivity index (χ0v) is 20.2. The average Bonchev–Trinajstić information content (AvgIpc) is 2.69. The summed E-state index contributed by atoms with van der Waals surface area (Å²) in [5, 5.41) is 13.9. The number of rotatable bonds is 9.